The van der Waals surface area contributed by atoms with Gasteiger partial charge in [-0.1, -0.05) is 0 Å². The van der Waals surface area contributed by atoms with Crippen molar-refractivity contribution in [2.24, 2.45) is 7.05 Å². The summed E-state index contributed by atoms with van der Waals surface area (Å²) >= 11 is 0. The van der Waals surface area contributed by atoms with Crippen molar-refractivity contribution < 1.29 is 0 Å². The van der Waals surface area contributed by atoms with Gasteiger partial charge in [0.05, 0.1) is 18.4 Å². The van der Waals surface area contributed by atoms with Crippen LogP contribution in [0.4, 0.5) is 5.82 Å². The summed E-state index contributed by atoms with van der Waals surface area (Å²) in [6.07, 6.45) is 5.59. The first-order valence-electron chi connectivity index (χ1n) is 4.87. The Bertz CT molecular complexity index is 468. The number of hydrogen-bond donors (Lipinski definition) is 1. The molecule has 2 aromatic rings. The van der Waals surface area contributed by atoms with Crippen molar-refractivity contribution in [3.05, 3.63) is 29.7 Å². The molecule has 2 N–H and O–H groups in total. The van der Waals surface area contributed by atoms with E-state index in [0.29, 0.717) is 5.82 Å². The van der Waals surface area contributed by atoms with Crippen LogP contribution in [0.15, 0.2) is 18.6 Å². The van der Waals surface area contributed by atoms with Gasteiger partial charge >= 0.3 is 0 Å². The van der Waals surface area contributed by atoms with Gasteiger partial charge in [0, 0.05) is 24.4 Å². The Kier molecular flexibility index (Phi) is 2.22. The van der Waals surface area contributed by atoms with Crippen LogP contribution in [0, 0.1) is 6.92 Å². The van der Waals surface area contributed by atoms with Crippen LogP contribution < -0.4 is 5.73 Å². The summed E-state index contributed by atoms with van der Waals surface area (Å²) in [4.78, 5) is 0. The minimum absolute atomic E-state index is 0.118. The van der Waals surface area contributed by atoms with Gasteiger partial charge in [-0.25, -0.2) is 4.68 Å². The van der Waals surface area contributed by atoms with E-state index in [1.165, 1.54) is 0 Å². The minimum atomic E-state index is 0.118. The van der Waals surface area contributed by atoms with E-state index in [1.54, 1.807) is 10.9 Å². The van der Waals surface area contributed by atoms with Gasteiger partial charge in [0.15, 0.2) is 0 Å². The lowest BCUT2D eigenvalue weighted by Gasteiger charge is -2.11. The van der Waals surface area contributed by atoms with Crippen LogP contribution in [0.1, 0.15) is 24.1 Å². The Labute approximate surface area is 88.5 Å². The zero-order valence-corrected chi connectivity index (χ0v) is 9.18. The normalized spacial score (nSPS) is 13.0. The molecule has 0 bridgehead atoms. The molecule has 0 spiro atoms. The Hall–Kier alpha value is -1.78. The zero-order chi connectivity index (χ0) is 11.0. The first kappa shape index (κ1) is 9.76. The van der Waals surface area contributed by atoms with E-state index in [4.69, 9.17) is 5.73 Å². The van der Waals surface area contributed by atoms with Crippen LogP contribution in [0.5, 0.6) is 0 Å². The molecule has 0 aliphatic heterocycles. The highest BCUT2D eigenvalue weighted by Gasteiger charge is 2.13. The highest BCUT2D eigenvalue weighted by Crippen LogP contribution is 2.21. The van der Waals surface area contributed by atoms with E-state index < -0.39 is 0 Å². The number of hydrogen-bond acceptors (Lipinski definition) is 3. The number of rotatable bonds is 2. The van der Waals surface area contributed by atoms with E-state index in [0.717, 1.165) is 11.1 Å². The molecule has 80 valence electrons. The van der Waals surface area contributed by atoms with Gasteiger partial charge in [-0.2, -0.15) is 10.2 Å². The van der Waals surface area contributed by atoms with Gasteiger partial charge in [0.25, 0.3) is 0 Å². The van der Waals surface area contributed by atoms with Gasteiger partial charge in [-0.05, 0) is 13.8 Å². The maximum atomic E-state index is 5.92. The van der Waals surface area contributed by atoms with Crippen molar-refractivity contribution in [3.63, 3.8) is 0 Å². The monoisotopic (exact) mass is 205 g/mol. The van der Waals surface area contributed by atoms with Gasteiger partial charge in [0.1, 0.15) is 5.82 Å². The lowest BCUT2D eigenvalue weighted by atomic mass is 10.2. The molecule has 0 saturated heterocycles. The SMILES string of the molecule is Cc1cnn(C(C)c2cnn(C)c2)c1N. The molecule has 0 radical (unpaired) electrons. The highest BCUT2D eigenvalue weighted by molar-refractivity contribution is 5.38. The van der Waals surface area contributed by atoms with E-state index in [1.807, 2.05) is 31.0 Å². The lowest BCUT2D eigenvalue weighted by Crippen LogP contribution is -2.11. The van der Waals surface area contributed by atoms with Crippen LogP contribution in [0.3, 0.4) is 0 Å². The maximum absolute atomic E-state index is 5.92. The summed E-state index contributed by atoms with van der Waals surface area (Å²) < 4.78 is 3.59. The number of nitrogens with two attached hydrogens (primary N) is 1. The van der Waals surface area contributed by atoms with Crippen LogP contribution in [-0.2, 0) is 7.05 Å². The average molecular weight is 205 g/mol. The molecule has 5 nitrogen and oxygen atoms in total. The summed E-state index contributed by atoms with van der Waals surface area (Å²) in [6, 6.07) is 0.118. The maximum Gasteiger partial charge on any atom is 0.125 e. The first-order chi connectivity index (χ1) is 7.09. The topological polar surface area (TPSA) is 61.7 Å². The van der Waals surface area contributed by atoms with Gasteiger partial charge in [0.2, 0.25) is 0 Å². The predicted molar refractivity (Wildman–Crippen MR) is 58.4 cm³/mol. The first-order valence-corrected chi connectivity index (χ1v) is 4.87. The van der Waals surface area contributed by atoms with E-state index >= 15 is 0 Å². The summed E-state index contributed by atoms with van der Waals surface area (Å²) in [5.74, 6) is 0.714. The molecule has 0 amide bonds. The molecule has 0 aliphatic rings. The highest BCUT2D eigenvalue weighted by atomic mass is 15.3. The molecular formula is C10H15N5. The molecule has 1 unspecified atom stereocenters. The fourth-order valence-corrected chi connectivity index (χ4v) is 1.56. The minimum Gasteiger partial charge on any atom is -0.384 e. The number of aromatic nitrogens is 4. The summed E-state index contributed by atoms with van der Waals surface area (Å²) in [7, 11) is 1.90. The van der Waals surface area contributed by atoms with Crippen LogP contribution in [0.25, 0.3) is 0 Å². The smallest absolute Gasteiger partial charge is 0.125 e. The van der Waals surface area contributed by atoms with Crippen LogP contribution in [0.2, 0.25) is 0 Å². The number of nitrogen functional groups attached to an aromatic ring is 1. The number of aryl methyl sites for hydroxylation is 2. The van der Waals surface area contributed by atoms with Crippen molar-refractivity contribution in [1.82, 2.24) is 19.6 Å². The molecule has 0 aromatic carbocycles. The summed E-state index contributed by atoms with van der Waals surface area (Å²) in [6.45, 7) is 4.01. The van der Waals surface area contributed by atoms with E-state index in [9.17, 15) is 0 Å². The van der Waals surface area contributed by atoms with Crippen LogP contribution in [-0.4, -0.2) is 19.6 Å². The van der Waals surface area contributed by atoms with E-state index in [2.05, 4.69) is 17.1 Å². The Morgan fingerprint density at radius 3 is 2.53 bits per heavy atom. The third-order valence-electron chi connectivity index (χ3n) is 2.60. The number of anilines is 1. The Balaban J connectivity index is 2.36. The number of nitrogens with zero attached hydrogens (tertiary/aromatic N) is 4. The van der Waals surface area contributed by atoms with Gasteiger partial charge in [-0.15, -0.1) is 0 Å². The summed E-state index contributed by atoms with van der Waals surface area (Å²) in [5.41, 5.74) is 8.03. The Morgan fingerprint density at radius 2 is 2.07 bits per heavy atom. The fourth-order valence-electron chi connectivity index (χ4n) is 1.56. The molecule has 0 aliphatic carbocycles. The van der Waals surface area contributed by atoms with Crippen molar-refractivity contribution in [2.45, 2.75) is 19.9 Å². The molecule has 2 aromatic heterocycles. The standard InChI is InChI=1S/C10H15N5/c1-7-4-13-15(10(7)11)8(2)9-5-12-14(3)6-9/h4-6,8H,11H2,1-3H3. The quantitative estimate of drug-likeness (QED) is 0.799. The predicted octanol–water partition coefficient (Wildman–Crippen LogP) is 1.12. The largest absolute Gasteiger partial charge is 0.384 e. The molecule has 0 saturated carbocycles. The lowest BCUT2D eigenvalue weighted by molar-refractivity contribution is 0.572. The molecular weight excluding hydrogens is 190 g/mol. The van der Waals surface area contributed by atoms with Crippen molar-refractivity contribution >= 4 is 5.82 Å². The Morgan fingerprint density at radius 1 is 1.33 bits per heavy atom. The molecule has 2 heterocycles. The van der Waals surface area contributed by atoms with Crippen molar-refractivity contribution in [2.75, 3.05) is 5.73 Å². The molecule has 2 rings (SSSR count). The van der Waals surface area contributed by atoms with E-state index in [-0.39, 0.29) is 6.04 Å². The van der Waals surface area contributed by atoms with Gasteiger partial charge < -0.3 is 5.73 Å². The fraction of sp³-hybridized carbons (Fsp3) is 0.400. The van der Waals surface area contributed by atoms with Crippen molar-refractivity contribution in [3.8, 4) is 0 Å². The molecule has 5 heteroatoms. The third kappa shape index (κ3) is 1.60. The second-order valence-corrected chi connectivity index (χ2v) is 3.78. The molecule has 1 atom stereocenters. The zero-order valence-electron chi connectivity index (χ0n) is 9.18. The molecule has 0 fully saturated rings. The average Bonchev–Trinajstić information content (AvgIpc) is 2.75. The molecule has 15 heavy (non-hydrogen) atoms. The third-order valence-corrected chi connectivity index (χ3v) is 2.60. The summed E-state index contributed by atoms with van der Waals surface area (Å²) in [5, 5.41) is 8.39. The second kappa shape index (κ2) is 3.42. The van der Waals surface area contributed by atoms with Crippen LogP contribution >= 0.6 is 0 Å². The van der Waals surface area contributed by atoms with Crippen molar-refractivity contribution in [1.29, 1.82) is 0 Å². The van der Waals surface area contributed by atoms with Gasteiger partial charge in [-0.3, -0.25) is 4.68 Å². The second-order valence-electron chi connectivity index (χ2n) is 3.78.